The topological polar surface area (TPSA) is 23.1 Å². The summed E-state index contributed by atoms with van der Waals surface area (Å²) in [6, 6.07) is 0. The van der Waals surface area contributed by atoms with Gasteiger partial charge in [-0.1, -0.05) is 35.0 Å². The Balaban J connectivity index is 2.25. The van der Waals surface area contributed by atoms with Gasteiger partial charge in [0.2, 0.25) is 0 Å². The molecule has 1 aliphatic rings. The molecule has 2 unspecified atom stereocenters. The molecule has 0 aliphatic heterocycles. The van der Waals surface area contributed by atoms with E-state index in [1.165, 1.54) is 5.57 Å². The van der Waals surface area contributed by atoms with Crippen LogP contribution in [0.3, 0.4) is 0 Å². The van der Waals surface area contributed by atoms with Crippen LogP contribution in [-0.4, -0.2) is 16.6 Å². The molecule has 1 aliphatic carbocycles. The first kappa shape index (κ1) is 9.87. The molecule has 0 saturated heterocycles. The van der Waals surface area contributed by atoms with E-state index >= 15 is 0 Å². The Kier molecular flexibility index (Phi) is 3.89. The van der Waals surface area contributed by atoms with Crippen LogP contribution in [0.5, 0.6) is 0 Å². The van der Waals surface area contributed by atoms with Gasteiger partial charge in [-0.25, -0.2) is 0 Å². The third-order valence-corrected chi connectivity index (χ3v) is 2.96. The molecule has 12 heavy (non-hydrogen) atoms. The van der Waals surface area contributed by atoms with Crippen molar-refractivity contribution in [2.24, 2.45) is 5.92 Å². The van der Waals surface area contributed by atoms with Gasteiger partial charge in [-0.15, -0.1) is 0 Å². The summed E-state index contributed by atoms with van der Waals surface area (Å²) in [7, 11) is 0. The van der Waals surface area contributed by atoms with Gasteiger partial charge in [-0.2, -0.15) is 0 Å². The van der Waals surface area contributed by atoms with E-state index in [1.807, 2.05) is 0 Å². The number of hydrogen-bond acceptors (Lipinski definition) is 1. The van der Waals surface area contributed by atoms with Crippen LogP contribution in [0, 0.1) is 5.92 Å². The summed E-state index contributed by atoms with van der Waals surface area (Å²) in [5.74, 6) is 1.46. The van der Waals surface area contributed by atoms with Crippen LogP contribution in [0.4, 0.5) is 0 Å². The van der Waals surface area contributed by atoms with Crippen molar-refractivity contribution >= 4 is 11.2 Å². The zero-order valence-electron chi connectivity index (χ0n) is 7.75. The van der Waals surface area contributed by atoms with Crippen LogP contribution in [0.25, 0.3) is 0 Å². The largest absolute Gasteiger partial charge is 0.617 e. The average molecular weight is 184 g/mol. The highest BCUT2D eigenvalue weighted by atomic mass is 32.2. The Morgan fingerprint density at radius 1 is 1.67 bits per heavy atom. The lowest BCUT2D eigenvalue weighted by atomic mass is 9.95. The van der Waals surface area contributed by atoms with Crippen molar-refractivity contribution in [3.63, 3.8) is 0 Å². The quantitative estimate of drug-likeness (QED) is 0.617. The first-order chi connectivity index (χ1) is 5.68. The van der Waals surface area contributed by atoms with Gasteiger partial charge < -0.3 is 4.55 Å². The summed E-state index contributed by atoms with van der Waals surface area (Å²) in [5, 5.41) is 0. The smallest absolute Gasteiger partial charge is 0.105 e. The van der Waals surface area contributed by atoms with Gasteiger partial charge in [0.25, 0.3) is 0 Å². The lowest BCUT2D eigenvalue weighted by molar-refractivity contribution is 0.580. The Morgan fingerprint density at radius 3 is 2.92 bits per heavy atom. The maximum Gasteiger partial charge on any atom is 0.105 e. The van der Waals surface area contributed by atoms with E-state index in [0.29, 0.717) is 5.92 Å². The monoisotopic (exact) mass is 184 g/mol. The minimum Gasteiger partial charge on any atom is -0.617 e. The third kappa shape index (κ3) is 3.46. The molecule has 1 rings (SSSR count). The highest BCUT2D eigenvalue weighted by molar-refractivity contribution is 7.90. The summed E-state index contributed by atoms with van der Waals surface area (Å²) >= 11 is -0.631. The maximum absolute atomic E-state index is 10.8. The van der Waals surface area contributed by atoms with E-state index in [1.54, 1.807) is 6.26 Å². The average Bonchev–Trinajstić information content (AvgIpc) is 2.03. The molecule has 0 aromatic carbocycles. The molecular weight excluding hydrogens is 168 g/mol. The van der Waals surface area contributed by atoms with Crippen molar-refractivity contribution in [1.82, 2.24) is 0 Å². The normalized spacial score (nSPS) is 25.2. The molecule has 68 valence electrons. The summed E-state index contributed by atoms with van der Waals surface area (Å²) in [6.07, 6.45) is 10.6. The zero-order chi connectivity index (χ0) is 8.97. The maximum atomic E-state index is 10.8. The van der Waals surface area contributed by atoms with Crippen LogP contribution in [-0.2, 0) is 11.2 Å². The molecule has 0 heterocycles. The highest BCUT2D eigenvalue weighted by Crippen LogP contribution is 2.19. The number of allylic oxidation sites excluding steroid dienone is 4. The minimum atomic E-state index is -0.631. The van der Waals surface area contributed by atoms with Gasteiger partial charge in [0, 0.05) is 0 Å². The number of hydrogen-bond donors (Lipinski definition) is 0. The Bertz CT molecular complexity index is 194. The van der Waals surface area contributed by atoms with Crippen LogP contribution in [0.2, 0.25) is 0 Å². The van der Waals surface area contributed by atoms with Gasteiger partial charge in [-0.05, 0) is 25.7 Å². The van der Waals surface area contributed by atoms with Crippen molar-refractivity contribution in [3.8, 4) is 0 Å². The molecule has 0 N–H and O–H groups in total. The molecule has 2 atom stereocenters. The van der Waals surface area contributed by atoms with Crippen molar-refractivity contribution in [2.75, 3.05) is 12.0 Å². The molecule has 2 heteroatoms. The zero-order valence-corrected chi connectivity index (χ0v) is 8.56. The third-order valence-electron chi connectivity index (χ3n) is 2.15. The van der Waals surface area contributed by atoms with E-state index in [4.69, 9.17) is 0 Å². The van der Waals surface area contributed by atoms with Gasteiger partial charge >= 0.3 is 0 Å². The van der Waals surface area contributed by atoms with Gasteiger partial charge in [0.05, 0.1) is 6.26 Å². The molecule has 0 fully saturated rings. The van der Waals surface area contributed by atoms with Crippen molar-refractivity contribution in [3.05, 3.63) is 23.8 Å². The van der Waals surface area contributed by atoms with Crippen LogP contribution in [0.15, 0.2) is 23.8 Å². The molecule has 0 amide bonds. The van der Waals surface area contributed by atoms with E-state index in [2.05, 4.69) is 25.2 Å². The van der Waals surface area contributed by atoms with E-state index in [-0.39, 0.29) is 0 Å². The highest BCUT2D eigenvalue weighted by Gasteiger charge is 2.09. The summed E-state index contributed by atoms with van der Waals surface area (Å²) in [5.41, 5.74) is 1.35. The van der Waals surface area contributed by atoms with Crippen molar-refractivity contribution in [2.45, 2.75) is 19.8 Å². The SMILES string of the molecule is CC1=CCC(CC[S+](C)[O-])C=C1. The van der Waals surface area contributed by atoms with Gasteiger partial charge in [0.1, 0.15) is 5.75 Å². The Hall–Kier alpha value is -0.210. The molecule has 0 aromatic heterocycles. The molecule has 0 spiro atoms. The van der Waals surface area contributed by atoms with E-state index < -0.39 is 11.2 Å². The summed E-state index contributed by atoms with van der Waals surface area (Å²) in [6.45, 7) is 2.12. The van der Waals surface area contributed by atoms with E-state index in [9.17, 15) is 4.55 Å². The van der Waals surface area contributed by atoms with Crippen LogP contribution < -0.4 is 0 Å². The Morgan fingerprint density at radius 2 is 2.42 bits per heavy atom. The van der Waals surface area contributed by atoms with Gasteiger partial charge in [0.15, 0.2) is 0 Å². The number of rotatable bonds is 3. The second-order valence-corrected chi connectivity index (χ2v) is 4.92. The molecule has 0 bridgehead atoms. The predicted octanol–water partition coefficient (Wildman–Crippen LogP) is 2.28. The van der Waals surface area contributed by atoms with Gasteiger partial charge in [-0.3, -0.25) is 0 Å². The fourth-order valence-electron chi connectivity index (χ4n) is 1.30. The second-order valence-electron chi connectivity index (χ2n) is 3.37. The van der Waals surface area contributed by atoms with Crippen LogP contribution in [0.1, 0.15) is 19.8 Å². The standard InChI is InChI=1S/C10H16OS/c1-9-3-5-10(6-4-9)7-8-12(2)11/h3-5,10H,6-8H2,1-2H3. The van der Waals surface area contributed by atoms with Crippen molar-refractivity contribution in [1.29, 1.82) is 0 Å². The fraction of sp³-hybridized carbons (Fsp3) is 0.600. The first-order valence-corrected chi connectivity index (χ1v) is 6.06. The minimum absolute atomic E-state index is 0.623. The molecule has 0 radical (unpaired) electrons. The van der Waals surface area contributed by atoms with Crippen molar-refractivity contribution < 1.29 is 4.55 Å². The summed E-state index contributed by atoms with van der Waals surface area (Å²) < 4.78 is 10.8. The van der Waals surface area contributed by atoms with Crippen LogP contribution >= 0.6 is 0 Å². The Labute approximate surface area is 77.7 Å². The van der Waals surface area contributed by atoms with E-state index in [0.717, 1.165) is 18.6 Å². The molecule has 0 aromatic rings. The first-order valence-electron chi connectivity index (χ1n) is 4.33. The lowest BCUT2D eigenvalue weighted by Gasteiger charge is -2.14. The molecule has 0 saturated carbocycles. The summed E-state index contributed by atoms with van der Waals surface area (Å²) in [4.78, 5) is 0. The fourth-order valence-corrected chi connectivity index (χ4v) is 1.94. The predicted molar refractivity (Wildman–Crippen MR) is 54.6 cm³/mol. The lowest BCUT2D eigenvalue weighted by Crippen LogP contribution is -2.09. The molecular formula is C10H16OS. The molecule has 1 nitrogen and oxygen atoms in total. The second kappa shape index (κ2) is 4.73.